The predicted octanol–water partition coefficient (Wildman–Crippen LogP) is 6.03. The first kappa shape index (κ1) is 26.3. The molecule has 1 N–H and O–H groups in total. The van der Waals surface area contributed by atoms with Crippen LogP contribution in [0, 0.1) is 0 Å². The number of thiophene rings is 1. The van der Waals surface area contributed by atoms with Crippen LogP contribution in [-0.4, -0.2) is 35.7 Å². The van der Waals surface area contributed by atoms with Crippen LogP contribution in [-0.2, 0) is 29.0 Å². The van der Waals surface area contributed by atoms with Gasteiger partial charge in [0.1, 0.15) is 5.00 Å². The van der Waals surface area contributed by atoms with Crippen LogP contribution in [0.2, 0.25) is 0 Å². The van der Waals surface area contributed by atoms with Crippen molar-refractivity contribution < 1.29 is 14.3 Å². The standard InChI is InChI=1S/C26H28N2O3S2.ClH/c1-2-31-26(30)24-21-13-15-28(17-19-9-5-3-6-10-19)18-22(21)33-25(24)27-23(29)14-16-32-20-11-7-4-8-12-20;/h3-12H,2,13-18H2,1H3,(H,27,29);1H. The zero-order valence-electron chi connectivity index (χ0n) is 19.1. The lowest BCUT2D eigenvalue weighted by atomic mass is 10.0. The number of fused-ring (bicyclic) bond motifs is 1. The molecule has 0 spiro atoms. The van der Waals surface area contributed by atoms with Crippen molar-refractivity contribution in [3.8, 4) is 0 Å². The Morgan fingerprint density at radius 1 is 1.09 bits per heavy atom. The SMILES string of the molecule is CCOC(=O)c1c(NC(=O)CCSc2ccccc2)sc2c1CCN(Cc1ccccc1)C2.Cl. The summed E-state index contributed by atoms with van der Waals surface area (Å²) >= 11 is 3.16. The molecule has 1 aliphatic heterocycles. The summed E-state index contributed by atoms with van der Waals surface area (Å²) in [4.78, 5) is 30.1. The molecule has 0 bridgehead atoms. The Morgan fingerprint density at radius 2 is 1.79 bits per heavy atom. The van der Waals surface area contributed by atoms with Crippen LogP contribution in [0.25, 0.3) is 0 Å². The highest BCUT2D eigenvalue weighted by molar-refractivity contribution is 7.99. The summed E-state index contributed by atoms with van der Waals surface area (Å²) in [5, 5.41) is 3.62. The van der Waals surface area contributed by atoms with Crippen molar-refractivity contribution in [2.24, 2.45) is 0 Å². The number of esters is 1. The summed E-state index contributed by atoms with van der Waals surface area (Å²) in [5.74, 6) is 0.254. The topological polar surface area (TPSA) is 58.6 Å². The smallest absolute Gasteiger partial charge is 0.341 e. The third-order valence-corrected chi connectivity index (χ3v) is 7.60. The van der Waals surface area contributed by atoms with E-state index in [0.29, 0.717) is 29.3 Å². The van der Waals surface area contributed by atoms with Crippen molar-refractivity contribution in [3.63, 3.8) is 0 Å². The van der Waals surface area contributed by atoms with Crippen molar-refractivity contribution in [3.05, 3.63) is 82.2 Å². The molecule has 5 nitrogen and oxygen atoms in total. The number of carbonyl (C=O) groups excluding carboxylic acids is 2. The highest BCUT2D eigenvalue weighted by Crippen LogP contribution is 2.38. The average molecular weight is 517 g/mol. The number of halogens is 1. The molecule has 8 heteroatoms. The number of benzene rings is 2. The van der Waals surface area contributed by atoms with Crippen LogP contribution in [0.1, 0.15) is 39.7 Å². The van der Waals surface area contributed by atoms with Gasteiger partial charge in [-0.3, -0.25) is 9.69 Å². The number of nitrogens with zero attached hydrogens (tertiary/aromatic N) is 1. The molecule has 0 unspecified atom stereocenters. The molecule has 0 fully saturated rings. The molecule has 0 radical (unpaired) electrons. The Bertz CT molecular complexity index is 1090. The molecule has 1 amide bonds. The Balaban J connectivity index is 0.00000324. The monoisotopic (exact) mass is 516 g/mol. The van der Waals surface area contributed by atoms with Crippen LogP contribution in [0.3, 0.4) is 0 Å². The zero-order chi connectivity index (χ0) is 23.0. The zero-order valence-corrected chi connectivity index (χ0v) is 21.6. The van der Waals surface area contributed by atoms with Gasteiger partial charge in [0, 0.05) is 41.6 Å². The van der Waals surface area contributed by atoms with E-state index in [1.54, 1.807) is 18.7 Å². The van der Waals surface area contributed by atoms with Gasteiger partial charge >= 0.3 is 5.97 Å². The van der Waals surface area contributed by atoms with E-state index in [1.807, 2.05) is 36.4 Å². The lowest BCUT2D eigenvalue weighted by molar-refractivity contribution is -0.115. The summed E-state index contributed by atoms with van der Waals surface area (Å²) < 4.78 is 5.33. The largest absolute Gasteiger partial charge is 0.462 e. The Morgan fingerprint density at radius 3 is 2.50 bits per heavy atom. The number of hydrogen-bond acceptors (Lipinski definition) is 6. The van der Waals surface area contributed by atoms with Gasteiger partial charge in [0.25, 0.3) is 0 Å². The summed E-state index contributed by atoms with van der Waals surface area (Å²) in [5.41, 5.74) is 2.84. The fourth-order valence-electron chi connectivity index (χ4n) is 3.91. The lowest BCUT2D eigenvalue weighted by Gasteiger charge is -2.27. The van der Waals surface area contributed by atoms with E-state index in [1.165, 1.54) is 16.9 Å². The maximum absolute atomic E-state index is 12.8. The maximum Gasteiger partial charge on any atom is 0.341 e. The van der Waals surface area contributed by atoms with Crippen LogP contribution in [0.5, 0.6) is 0 Å². The maximum atomic E-state index is 12.8. The average Bonchev–Trinajstić information content (AvgIpc) is 3.17. The fourth-order valence-corrected chi connectivity index (χ4v) is 6.07. The molecule has 3 aromatic rings. The molecule has 4 rings (SSSR count). The van der Waals surface area contributed by atoms with Gasteiger partial charge in [-0.2, -0.15) is 0 Å². The van der Waals surface area contributed by atoms with Crippen molar-refractivity contribution in [1.29, 1.82) is 0 Å². The molecule has 34 heavy (non-hydrogen) atoms. The molecular formula is C26H29ClN2O3S2. The highest BCUT2D eigenvalue weighted by Gasteiger charge is 2.29. The number of ether oxygens (including phenoxy) is 1. The summed E-state index contributed by atoms with van der Waals surface area (Å²) in [6.45, 7) is 4.61. The lowest BCUT2D eigenvalue weighted by Crippen LogP contribution is -2.29. The van der Waals surface area contributed by atoms with E-state index in [0.717, 1.165) is 41.4 Å². The van der Waals surface area contributed by atoms with Crippen molar-refractivity contribution >= 4 is 52.4 Å². The van der Waals surface area contributed by atoms with Crippen molar-refractivity contribution in [2.75, 3.05) is 24.2 Å². The second-order valence-electron chi connectivity index (χ2n) is 7.83. The van der Waals surface area contributed by atoms with E-state index < -0.39 is 0 Å². The van der Waals surface area contributed by atoms with Crippen LogP contribution in [0.15, 0.2) is 65.6 Å². The number of carbonyl (C=O) groups is 2. The molecule has 180 valence electrons. The molecule has 0 saturated carbocycles. The minimum atomic E-state index is -0.347. The van der Waals surface area contributed by atoms with Gasteiger partial charge < -0.3 is 10.1 Å². The first-order valence-electron chi connectivity index (χ1n) is 11.2. The van der Waals surface area contributed by atoms with Gasteiger partial charge in [-0.05, 0) is 36.6 Å². The van der Waals surface area contributed by atoms with E-state index in [4.69, 9.17) is 4.74 Å². The molecule has 1 aromatic heterocycles. The number of rotatable bonds is 9. The minimum Gasteiger partial charge on any atom is -0.462 e. The molecule has 0 aliphatic carbocycles. The minimum absolute atomic E-state index is 0. The van der Waals surface area contributed by atoms with Crippen LogP contribution >= 0.6 is 35.5 Å². The van der Waals surface area contributed by atoms with E-state index in [-0.39, 0.29) is 24.3 Å². The Kier molecular flexibility index (Phi) is 10.0. The van der Waals surface area contributed by atoms with Crippen LogP contribution < -0.4 is 5.32 Å². The van der Waals surface area contributed by atoms with Gasteiger partial charge in [-0.1, -0.05) is 48.5 Å². The van der Waals surface area contributed by atoms with Crippen LogP contribution in [0.4, 0.5) is 5.00 Å². The molecule has 2 heterocycles. The summed E-state index contributed by atoms with van der Waals surface area (Å²) in [6, 6.07) is 20.4. The normalized spacial score (nSPS) is 13.0. The van der Waals surface area contributed by atoms with Gasteiger partial charge in [0.2, 0.25) is 5.91 Å². The predicted molar refractivity (Wildman–Crippen MR) is 142 cm³/mol. The fraction of sp³-hybridized carbons (Fsp3) is 0.308. The number of amides is 1. The molecule has 0 atom stereocenters. The molecule has 0 saturated heterocycles. The number of thioether (sulfide) groups is 1. The number of nitrogens with one attached hydrogen (secondary N) is 1. The third-order valence-electron chi connectivity index (χ3n) is 5.46. The van der Waals surface area contributed by atoms with Gasteiger partial charge in [-0.25, -0.2) is 4.79 Å². The summed E-state index contributed by atoms with van der Waals surface area (Å²) in [6.07, 6.45) is 1.15. The molecular weight excluding hydrogens is 488 g/mol. The van der Waals surface area contributed by atoms with Gasteiger partial charge in [-0.15, -0.1) is 35.5 Å². The number of hydrogen-bond donors (Lipinski definition) is 1. The Labute approximate surface area is 215 Å². The van der Waals surface area contributed by atoms with Gasteiger partial charge in [0.15, 0.2) is 0 Å². The molecule has 2 aromatic carbocycles. The molecule has 1 aliphatic rings. The second kappa shape index (κ2) is 13.0. The van der Waals surface area contributed by atoms with E-state index >= 15 is 0 Å². The highest BCUT2D eigenvalue weighted by atomic mass is 35.5. The first-order chi connectivity index (χ1) is 16.1. The quantitative estimate of drug-likeness (QED) is 0.278. The Hall–Kier alpha value is -2.32. The van der Waals surface area contributed by atoms with E-state index in [9.17, 15) is 9.59 Å². The number of anilines is 1. The van der Waals surface area contributed by atoms with Gasteiger partial charge in [0.05, 0.1) is 12.2 Å². The first-order valence-corrected chi connectivity index (χ1v) is 13.0. The van der Waals surface area contributed by atoms with Crippen molar-refractivity contribution in [2.45, 2.75) is 37.8 Å². The van der Waals surface area contributed by atoms with Crippen molar-refractivity contribution in [1.82, 2.24) is 4.90 Å². The second-order valence-corrected chi connectivity index (χ2v) is 10.1. The van der Waals surface area contributed by atoms with E-state index in [2.05, 4.69) is 34.5 Å². The third kappa shape index (κ3) is 6.85. The summed E-state index contributed by atoms with van der Waals surface area (Å²) in [7, 11) is 0.